The lowest BCUT2D eigenvalue weighted by atomic mass is 10.2. The van der Waals surface area contributed by atoms with Crippen LogP contribution in [0.25, 0.3) is 10.9 Å². The molecule has 8 heteroatoms. The number of H-pyrrole nitrogens is 1. The maximum absolute atomic E-state index is 12.3. The van der Waals surface area contributed by atoms with Gasteiger partial charge >= 0.3 is 0 Å². The highest BCUT2D eigenvalue weighted by atomic mass is 28.3. The molecule has 0 atom stereocenters. The van der Waals surface area contributed by atoms with E-state index in [0.717, 1.165) is 11.7 Å². The van der Waals surface area contributed by atoms with Gasteiger partial charge in [-0.15, -0.1) is 0 Å². The number of pyridine rings is 1. The van der Waals surface area contributed by atoms with Crippen molar-refractivity contribution in [3.8, 4) is 6.07 Å². The van der Waals surface area contributed by atoms with E-state index in [4.69, 9.17) is 4.74 Å². The number of alkyl halides is 1. The lowest BCUT2D eigenvalue weighted by Crippen LogP contribution is -2.23. The molecule has 6 nitrogen and oxygen atoms in total. The highest BCUT2D eigenvalue weighted by molar-refractivity contribution is 6.76. The van der Waals surface area contributed by atoms with Crippen molar-refractivity contribution >= 4 is 19.0 Å². The van der Waals surface area contributed by atoms with Crippen molar-refractivity contribution in [1.82, 2.24) is 14.9 Å². The predicted molar refractivity (Wildman–Crippen MR) is 104 cm³/mol. The topological polar surface area (TPSA) is 82.8 Å². The van der Waals surface area contributed by atoms with Crippen LogP contribution in [0.2, 0.25) is 25.7 Å². The summed E-state index contributed by atoms with van der Waals surface area (Å²) in [4.78, 5) is 15.0. The largest absolute Gasteiger partial charge is 0.361 e. The third-order valence-electron chi connectivity index (χ3n) is 4.17. The Hall–Kier alpha value is -1.95. The minimum absolute atomic E-state index is 0.247. The van der Waals surface area contributed by atoms with Gasteiger partial charge in [-0.05, 0) is 25.1 Å². The Kier molecular flexibility index (Phi) is 7.14. The number of nitrogens with one attached hydrogen (secondary N) is 2. The third-order valence-corrected chi connectivity index (χ3v) is 5.87. The summed E-state index contributed by atoms with van der Waals surface area (Å²) in [6, 6.07) is 4.99. The summed E-state index contributed by atoms with van der Waals surface area (Å²) >= 11 is 0. The zero-order valence-electron chi connectivity index (χ0n) is 15.7. The highest BCUT2D eigenvalue weighted by Gasteiger charge is 2.16. The summed E-state index contributed by atoms with van der Waals surface area (Å²) < 4.78 is 19.9. The molecule has 0 bridgehead atoms. The van der Waals surface area contributed by atoms with E-state index >= 15 is 0 Å². The number of ether oxygens (including phenoxy) is 1. The van der Waals surface area contributed by atoms with Gasteiger partial charge in [-0.2, -0.15) is 5.26 Å². The van der Waals surface area contributed by atoms with Crippen molar-refractivity contribution in [2.75, 3.05) is 19.8 Å². The number of fused-ring (bicyclic) bond motifs is 1. The van der Waals surface area contributed by atoms with Crippen LogP contribution in [0.3, 0.4) is 0 Å². The van der Waals surface area contributed by atoms with Crippen molar-refractivity contribution < 1.29 is 9.13 Å². The van der Waals surface area contributed by atoms with Crippen LogP contribution in [0.1, 0.15) is 17.7 Å². The van der Waals surface area contributed by atoms with Crippen molar-refractivity contribution in [3.63, 3.8) is 0 Å². The van der Waals surface area contributed by atoms with E-state index in [9.17, 15) is 14.4 Å². The van der Waals surface area contributed by atoms with Crippen LogP contribution < -0.4 is 10.9 Å². The number of nitriles is 1. The zero-order chi connectivity index (χ0) is 19.2. The minimum atomic E-state index is -1.20. The van der Waals surface area contributed by atoms with Crippen LogP contribution in [-0.2, 0) is 18.0 Å². The Balaban J connectivity index is 2.27. The number of halogens is 1. The second-order valence-electron chi connectivity index (χ2n) is 7.54. The number of rotatable bonds is 10. The van der Waals surface area contributed by atoms with Gasteiger partial charge in [0.1, 0.15) is 18.3 Å². The van der Waals surface area contributed by atoms with E-state index in [1.165, 1.54) is 6.20 Å². The van der Waals surface area contributed by atoms with E-state index in [0.29, 0.717) is 42.6 Å². The predicted octanol–water partition coefficient (Wildman–Crippen LogP) is 2.96. The molecule has 0 unspecified atom stereocenters. The maximum Gasteiger partial charge on any atom is 0.272 e. The molecule has 0 aliphatic carbocycles. The highest BCUT2D eigenvalue weighted by Crippen LogP contribution is 2.20. The number of aromatic amines is 1. The van der Waals surface area contributed by atoms with Gasteiger partial charge in [0.15, 0.2) is 0 Å². The molecular weight excluding hydrogens is 351 g/mol. The smallest absolute Gasteiger partial charge is 0.272 e. The Labute approximate surface area is 154 Å². The minimum Gasteiger partial charge on any atom is -0.361 e. The number of nitrogens with zero attached hydrogens (tertiary/aromatic N) is 2. The first-order chi connectivity index (χ1) is 12.4. The third kappa shape index (κ3) is 5.27. The van der Waals surface area contributed by atoms with E-state index in [-0.39, 0.29) is 19.0 Å². The van der Waals surface area contributed by atoms with Crippen LogP contribution in [-0.4, -0.2) is 37.5 Å². The average molecular weight is 379 g/mol. The number of hydrogen-bond acceptors (Lipinski definition) is 4. The SMILES string of the molecule is C[Si](C)(C)CCOCn1c(CNCCCF)cc2c(C#N)c[nH]c(=O)c21. The summed E-state index contributed by atoms with van der Waals surface area (Å²) in [5.41, 5.74) is 1.47. The van der Waals surface area contributed by atoms with Crippen LogP contribution in [0, 0.1) is 11.3 Å². The maximum atomic E-state index is 12.3. The summed E-state index contributed by atoms with van der Waals surface area (Å²) in [7, 11) is -1.20. The lowest BCUT2D eigenvalue weighted by Gasteiger charge is -2.17. The normalized spacial score (nSPS) is 11.8. The van der Waals surface area contributed by atoms with Gasteiger partial charge in [0.25, 0.3) is 5.56 Å². The van der Waals surface area contributed by atoms with Gasteiger partial charge < -0.3 is 19.6 Å². The summed E-state index contributed by atoms with van der Waals surface area (Å²) in [5.74, 6) is 0. The molecule has 2 aromatic heterocycles. The molecule has 0 spiro atoms. The quantitative estimate of drug-likeness (QED) is 0.492. The van der Waals surface area contributed by atoms with Crippen molar-refractivity contribution in [3.05, 3.63) is 33.9 Å². The fourth-order valence-corrected chi connectivity index (χ4v) is 3.42. The molecule has 2 N–H and O–H groups in total. The van der Waals surface area contributed by atoms with E-state index < -0.39 is 8.07 Å². The molecule has 26 heavy (non-hydrogen) atoms. The van der Waals surface area contributed by atoms with E-state index in [1.807, 2.05) is 10.6 Å². The summed E-state index contributed by atoms with van der Waals surface area (Å²) in [5, 5.41) is 13.1. The number of hydrogen-bond donors (Lipinski definition) is 2. The van der Waals surface area contributed by atoms with Gasteiger partial charge in [-0.25, -0.2) is 0 Å². The Morgan fingerprint density at radius 3 is 2.85 bits per heavy atom. The molecule has 2 aromatic rings. The van der Waals surface area contributed by atoms with E-state index in [1.54, 1.807) is 0 Å². The molecule has 2 heterocycles. The van der Waals surface area contributed by atoms with Gasteiger partial charge in [-0.1, -0.05) is 19.6 Å². The monoisotopic (exact) mass is 378 g/mol. The van der Waals surface area contributed by atoms with Crippen molar-refractivity contribution in [2.24, 2.45) is 0 Å². The van der Waals surface area contributed by atoms with E-state index in [2.05, 4.69) is 36.0 Å². The van der Waals surface area contributed by atoms with Gasteiger partial charge in [0, 0.05) is 38.5 Å². The fourth-order valence-electron chi connectivity index (χ4n) is 2.66. The molecular formula is C18H27FN4O2Si. The molecule has 2 rings (SSSR count). The Bertz CT molecular complexity index is 833. The lowest BCUT2D eigenvalue weighted by molar-refractivity contribution is 0.0881. The standard InChI is InChI=1S/C18H27FN4O2Si/c1-26(2,3)8-7-25-13-23-15(12-21-6-4-5-19)9-16-14(10-20)11-22-18(24)17(16)23/h9,11,21H,4-8,12-13H2,1-3H3,(H,22,24). The summed E-state index contributed by atoms with van der Waals surface area (Å²) in [6.45, 7) is 8.41. The molecule has 142 valence electrons. The molecule has 0 aliphatic heterocycles. The second-order valence-corrected chi connectivity index (χ2v) is 13.2. The number of aromatic nitrogens is 2. The molecule has 0 radical (unpaired) electrons. The molecule has 0 amide bonds. The second kappa shape index (κ2) is 9.12. The Morgan fingerprint density at radius 2 is 2.19 bits per heavy atom. The van der Waals surface area contributed by atoms with Crippen molar-refractivity contribution in [1.29, 1.82) is 5.26 Å². The van der Waals surface area contributed by atoms with Crippen molar-refractivity contribution in [2.45, 2.75) is 45.4 Å². The molecule has 0 aromatic carbocycles. The molecule has 0 saturated heterocycles. The van der Waals surface area contributed by atoms with Crippen LogP contribution in [0.5, 0.6) is 0 Å². The Morgan fingerprint density at radius 1 is 1.42 bits per heavy atom. The summed E-state index contributed by atoms with van der Waals surface area (Å²) in [6.07, 6.45) is 1.87. The fraction of sp³-hybridized carbons (Fsp3) is 0.556. The zero-order valence-corrected chi connectivity index (χ0v) is 16.7. The van der Waals surface area contributed by atoms with Crippen LogP contribution >= 0.6 is 0 Å². The first-order valence-electron chi connectivity index (χ1n) is 8.85. The molecule has 0 aliphatic rings. The first-order valence-corrected chi connectivity index (χ1v) is 12.6. The average Bonchev–Trinajstić information content (AvgIpc) is 2.94. The van der Waals surface area contributed by atoms with Gasteiger partial charge in [0.05, 0.1) is 12.2 Å². The van der Waals surface area contributed by atoms with Gasteiger partial charge in [0.2, 0.25) is 0 Å². The molecule has 0 saturated carbocycles. The van der Waals surface area contributed by atoms with Crippen LogP contribution in [0.15, 0.2) is 17.1 Å². The molecule has 0 fully saturated rings. The van der Waals surface area contributed by atoms with Gasteiger partial charge in [-0.3, -0.25) is 9.18 Å². The first kappa shape index (κ1) is 20.4. The van der Waals surface area contributed by atoms with Crippen LogP contribution in [0.4, 0.5) is 4.39 Å².